The molecule has 0 saturated heterocycles. The van der Waals surface area contributed by atoms with Gasteiger partial charge < -0.3 is 15.1 Å². The molecule has 0 aliphatic heterocycles. The minimum atomic E-state index is -0.555. The van der Waals surface area contributed by atoms with Gasteiger partial charge in [-0.15, -0.1) is 0 Å². The van der Waals surface area contributed by atoms with E-state index in [9.17, 15) is 10.2 Å². The molecule has 1 aromatic heterocycles. The third-order valence-electron chi connectivity index (χ3n) is 4.25. The zero-order valence-corrected chi connectivity index (χ0v) is 15.2. The van der Waals surface area contributed by atoms with Gasteiger partial charge >= 0.3 is 0 Å². The molecule has 0 radical (unpaired) electrons. The molecule has 4 nitrogen and oxygen atoms in total. The number of rotatable bonds is 7. The summed E-state index contributed by atoms with van der Waals surface area (Å²) in [7, 11) is 0. The van der Waals surface area contributed by atoms with Gasteiger partial charge in [-0.2, -0.15) is 4.57 Å². The summed E-state index contributed by atoms with van der Waals surface area (Å²) in [5.74, 6) is 0. The van der Waals surface area contributed by atoms with Crippen LogP contribution in [0.3, 0.4) is 0 Å². The van der Waals surface area contributed by atoms with Crippen LogP contribution in [0.1, 0.15) is 49.1 Å². The van der Waals surface area contributed by atoms with Crippen LogP contribution >= 0.6 is 11.3 Å². The zero-order chi connectivity index (χ0) is 17.0. The number of thiazole rings is 1. The van der Waals surface area contributed by atoms with Gasteiger partial charge in [0.05, 0.1) is 6.10 Å². The van der Waals surface area contributed by atoms with E-state index in [-0.39, 0.29) is 0 Å². The van der Waals surface area contributed by atoms with Gasteiger partial charge in [0.1, 0.15) is 11.0 Å². The molecule has 1 aromatic carbocycles. The fourth-order valence-electron chi connectivity index (χ4n) is 2.79. The van der Waals surface area contributed by atoms with Gasteiger partial charge in [-0.1, -0.05) is 23.5 Å². The Labute approximate surface area is 142 Å². The molecule has 0 amide bonds. The molecule has 0 fully saturated rings. The molecule has 2 atom stereocenters. The van der Waals surface area contributed by atoms with Crippen LogP contribution in [0.2, 0.25) is 0 Å². The third-order valence-corrected chi connectivity index (χ3v) is 5.50. The summed E-state index contributed by atoms with van der Waals surface area (Å²) in [5.41, 5.74) is 5.08. The van der Waals surface area contributed by atoms with Crippen molar-refractivity contribution >= 4 is 17.0 Å². The van der Waals surface area contributed by atoms with Gasteiger partial charge in [-0.05, 0) is 38.5 Å². The summed E-state index contributed by atoms with van der Waals surface area (Å²) >= 11 is 1.53. The lowest BCUT2D eigenvalue weighted by atomic mass is 10.1. The fraction of sp³-hybridized carbons (Fsp3) is 0.500. The molecule has 2 unspecified atom stereocenters. The molecule has 0 aliphatic rings. The summed E-state index contributed by atoms with van der Waals surface area (Å²) in [6.07, 6.45) is -1.02. The van der Waals surface area contributed by atoms with E-state index in [0.717, 1.165) is 29.2 Å². The third kappa shape index (κ3) is 4.10. The maximum absolute atomic E-state index is 10.5. The van der Waals surface area contributed by atoms with Crippen molar-refractivity contribution in [3.63, 3.8) is 0 Å². The van der Waals surface area contributed by atoms with E-state index in [2.05, 4.69) is 30.9 Å². The minimum Gasteiger partial charge on any atom is -0.388 e. The topological polar surface area (TPSA) is 47.6 Å². The van der Waals surface area contributed by atoms with Crippen molar-refractivity contribution in [2.45, 2.75) is 46.4 Å². The molecule has 0 saturated carbocycles. The highest BCUT2D eigenvalue weighted by Crippen LogP contribution is 2.22. The summed E-state index contributed by atoms with van der Waals surface area (Å²) in [5, 5.41) is 20.2. The SMILES string of the molecule is CCN(CC)c1ccc(C(O)C[n+]2csc(C(C)O)c2C)cc1. The van der Waals surface area contributed by atoms with E-state index in [1.54, 1.807) is 6.92 Å². The van der Waals surface area contributed by atoms with Crippen LogP contribution < -0.4 is 9.47 Å². The van der Waals surface area contributed by atoms with Gasteiger partial charge in [-0.25, -0.2) is 0 Å². The number of nitrogens with zero attached hydrogens (tertiary/aromatic N) is 2. The zero-order valence-electron chi connectivity index (χ0n) is 14.4. The monoisotopic (exact) mass is 335 g/mol. The Morgan fingerprint density at radius 1 is 1.13 bits per heavy atom. The van der Waals surface area contributed by atoms with E-state index in [1.165, 1.54) is 17.0 Å². The molecule has 1 heterocycles. The Morgan fingerprint density at radius 2 is 1.74 bits per heavy atom. The number of hydrogen-bond acceptors (Lipinski definition) is 4. The molecule has 2 N–H and O–H groups in total. The maximum Gasteiger partial charge on any atom is 0.225 e. The first-order valence-corrected chi connectivity index (χ1v) is 9.04. The number of benzene rings is 1. The van der Waals surface area contributed by atoms with Gasteiger partial charge in [0.2, 0.25) is 5.51 Å². The normalized spacial score (nSPS) is 13.8. The van der Waals surface area contributed by atoms with Crippen molar-refractivity contribution < 1.29 is 14.8 Å². The van der Waals surface area contributed by atoms with Crippen LogP contribution in [0.4, 0.5) is 5.69 Å². The van der Waals surface area contributed by atoms with Crippen molar-refractivity contribution in [2.75, 3.05) is 18.0 Å². The van der Waals surface area contributed by atoms with Crippen molar-refractivity contribution in [3.05, 3.63) is 45.9 Å². The summed E-state index contributed by atoms with van der Waals surface area (Å²) in [6, 6.07) is 8.13. The lowest BCUT2D eigenvalue weighted by Crippen LogP contribution is -2.37. The van der Waals surface area contributed by atoms with Crippen LogP contribution in [-0.4, -0.2) is 23.3 Å². The van der Waals surface area contributed by atoms with E-state index in [1.807, 2.05) is 29.1 Å². The Bertz CT molecular complexity index is 618. The number of aromatic nitrogens is 1. The number of aliphatic hydroxyl groups is 2. The van der Waals surface area contributed by atoms with Crippen LogP contribution in [-0.2, 0) is 6.54 Å². The first kappa shape index (κ1) is 17.9. The molecular weight excluding hydrogens is 308 g/mol. The first-order valence-electron chi connectivity index (χ1n) is 8.16. The molecule has 0 bridgehead atoms. The van der Waals surface area contributed by atoms with E-state index in [0.29, 0.717) is 6.54 Å². The molecule has 0 spiro atoms. The molecule has 2 rings (SSSR count). The van der Waals surface area contributed by atoms with Crippen molar-refractivity contribution in [1.29, 1.82) is 0 Å². The van der Waals surface area contributed by atoms with Crippen LogP contribution in [0.5, 0.6) is 0 Å². The predicted molar refractivity (Wildman–Crippen MR) is 94.8 cm³/mol. The van der Waals surface area contributed by atoms with Crippen molar-refractivity contribution in [1.82, 2.24) is 0 Å². The Balaban J connectivity index is 2.10. The van der Waals surface area contributed by atoms with Gasteiger partial charge in [0.25, 0.3) is 0 Å². The van der Waals surface area contributed by atoms with Gasteiger partial charge in [-0.3, -0.25) is 0 Å². The highest BCUT2D eigenvalue weighted by molar-refractivity contribution is 7.09. The number of hydrogen-bond donors (Lipinski definition) is 2. The number of anilines is 1. The van der Waals surface area contributed by atoms with Crippen molar-refractivity contribution in [2.24, 2.45) is 0 Å². The Morgan fingerprint density at radius 3 is 2.22 bits per heavy atom. The lowest BCUT2D eigenvalue weighted by Gasteiger charge is -2.21. The number of aliphatic hydroxyl groups excluding tert-OH is 2. The molecule has 126 valence electrons. The fourth-order valence-corrected chi connectivity index (χ4v) is 3.76. The van der Waals surface area contributed by atoms with Crippen LogP contribution in [0.15, 0.2) is 29.8 Å². The second-order valence-electron chi connectivity index (χ2n) is 5.78. The summed E-state index contributed by atoms with van der Waals surface area (Å²) in [6.45, 7) is 10.5. The average Bonchev–Trinajstić information content (AvgIpc) is 2.90. The van der Waals surface area contributed by atoms with E-state index >= 15 is 0 Å². The van der Waals surface area contributed by atoms with E-state index < -0.39 is 12.2 Å². The van der Waals surface area contributed by atoms with Gasteiger partial charge in [0.15, 0.2) is 12.2 Å². The molecule has 2 aromatic rings. The average molecular weight is 335 g/mol. The largest absolute Gasteiger partial charge is 0.388 e. The van der Waals surface area contributed by atoms with Gasteiger partial charge in [0, 0.05) is 25.7 Å². The Hall–Kier alpha value is -1.43. The quantitative estimate of drug-likeness (QED) is 0.765. The molecule has 23 heavy (non-hydrogen) atoms. The first-order chi connectivity index (χ1) is 11.0. The molecular formula is C18H27N2O2S+. The predicted octanol–water partition coefficient (Wildman–Crippen LogP) is 2.98. The highest BCUT2D eigenvalue weighted by Gasteiger charge is 2.22. The van der Waals surface area contributed by atoms with Crippen LogP contribution in [0.25, 0.3) is 0 Å². The summed E-state index contributed by atoms with van der Waals surface area (Å²) < 4.78 is 2.01. The second kappa shape index (κ2) is 7.90. The minimum absolute atomic E-state index is 0.466. The summed E-state index contributed by atoms with van der Waals surface area (Å²) in [4.78, 5) is 3.23. The van der Waals surface area contributed by atoms with Crippen molar-refractivity contribution in [3.8, 4) is 0 Å². The maximum atomic E-state index is 10.5. The second-order valence-corrected chi connectivity index (χ2v) is 6.67. The standard InChI is InChI=1S/C18H27N2O2S/c1-5-19(6-2)16-9-7-15(8-10-16)17(22)11-20-12-23-18(13(20)3)14(4)21/h7-10,12,14,17,21-22H,5-6,11H2,1-4H3/q+1. The molecule has 0 aliphatic carbocycles. The van der Waals surface area contributed by atoms with E-state index in [4.69, 9.17) is 0 Å². The Kier molecular flexibility index (Phi) is 6.16. The highest BCUT2D eigenvalue weighted by atomic mass is 32.1. The lowest BCUT2D eigenvalue weighted by molar-refractivity contribution is -0.706. The van der Waals surface area contributed by atoms with Crippen LogP contribution in [0, 0.1) is 6.92 Å². The smallest absolute Gasteiger partial charge is 0.225 e. The molecule has 5 heteroatoms.